The van der Waals surface area contributed by atoms with E-state index >= 15 is 4.39 Å². The lowest BCUT2D eigenvalue weighted by atomic mass is 9.90. The fourth-order valence-electron chi connectivity index (χ4n) is 8.70. The minimum Gasteiger partial charge on any atom is -0.508 e. The largest absolute Gasteiger partial charge is 0.508 e. The quantitative estimate of drug-likeness (QED) is 0.282. The molecule has 0 spiro atoms. The zero-order valence-electron chi connectivity index (χ0n) is 26.5. The lowest BCUT2D eigenvalue weighted by molar-refractivity contribution is 0.0206. The number of anilines is 1. The summed E-state index contributed by atoms with van der Waals surface area (Å²) in [5, 5.41) is 15.7. The number of piperazine rings is 1. The second-order valence-corrected chi connectivity index (χ2v) is 14.6. The van der Waals surface area contributed by atoms with Gasteiger partial charge in [0, 0.05) is 85.1 Å². The highest BCUT2D eigenvalue weighted by atomic mass is 19.1. The molecule has 242 valence electrons. The van der Waals surface area contributed by atoms with E-state index in [9.17, 15) is 9.50 Å². The first-order chi connectivity index (χ1) is 22.8. The van der Waals surface area contributed by atoms with Crippen LogP contribution in [0.3, 0.4) is 0 Å². The van der Waals surface area contributed by atoms with Crippen LogP contribution in [0.15, 0.2) is 36.4 Å². The van der Waals surface area contributed by atoms with Crippen LogP contribution in [0, 0.1) is 35.3 Å². The first kappa shape index (κ1) is 29.1. The number of phenols is 1. The average Bonchev–Trinajstić information content (AvgIpc) is 3.66. The molecule has 5 aliphatic rings. The van der Waals surface area contributed by atoms with Gasteiger partial charge >= 0.3 is 6.01 Å². The van der Waals surface area contributed by atoms with E-state index in [2.05, 4.69) is 33.0 Å². The van der Waals surface area contributed by atoms with Crippen LogP contribution in [-0.2, 0) is 0 Å². The molecule has 4 atom stereocenters. The van der Waals surface area contributed by atoms with Crippen LogP contribution in [0.4, 0.5) is 14.6 Å². The maximum atomic E-state index is 16.9. The van der Waals surface area contributed by atoms with E-state index in [4.69, 9.17) is 21.1 Å². The van der Waals surface area contributed by atoms with Crippen molar-refractivity contribution in [1.29, 1.82) is 0 Å². The highest BCUT2D eigenvalue weighted by Gasteiger charge is 2.51. The highest BCUT2D eigenvalue weighted by Crippen LogP contribution is 2.49. The second kappa shape index (κ2) is 10.7. The number of fused-ring (bicyclic) bond motifs is 5. The second-order valence-electron chi connectivity index (χ2n) is 14.6. The molecule has 5 heterocycles. The van der Waals surface area contributed by atoms with Crippen LogP contribution in [-0.4, -0.2) is 95.9 Å². The Kier molecular flexibility index (Phi) is 6.66. The van der Waals surface area contributed by atoms with Crippen LogP contribution in [0.1, 0.15) is 31.2 Å². The van der Waals surface area contributed by atoms with Gasteiger partial charge in [-0.25, -0.2) is 8.78 Å². The molecule has 1 aliphatic carbocycles. The van der Waals surface area contributed by atoms with Gasteiger partial charge in [-0.2, -0.15) is 9.97 Å². The SMILES string of the molecule is C#Cc1c(F)ccc2cc(O)cc(-c3ccc4c(N5CC6CCC(C5)N6)nc(OCC5(CN6CC7CN(C)CC76)CC5)nc4c3F)c12. The zero-order valence-corrected chi connectivity index (χ0v) is 26.5. The Hall–Kier alpha value is -4.04. The van der Waals surface area contributed by atoms with Crippen LogP contribution in [0.25, 0.3) is 32.8 Å². The Labute approximate surface area is 272 Å². The number of likely N-dealkylation sites (N-methyl/N-ethyl adjacent to an activating group) is 1. The number of nitrogens with one attached hydrogen (secondary N) is 1. The maximum absolute atomic E-state index is 16.9. The minimum atomic E-state index is -0.591. The fourth-order valence-corrected chi connectivity index (χ4v) is 8.70. The number of likely N-dealkylation sites (tertiary alicyclic amines) is 2. The van der Waals surface area contributed by atoms with E-state index < -0.39 is 11.6 Å². The van der Waals surface area contributed by atoms with Crippen molar-refractivity contribution >= 4 is 27.5 Å². The van der Waals surface area contributed by atoms with Crippen molar-refractivity contribution in [2.45, 2.75) is 43.8 Å². The van der Waals surface area contributed by atoms with Crippen molar-refractivity contribution in [1.82, 2.24) is 25.1 Å². The number of hydrogen-bond donors (Lipinski definition) is 2. The molecule has 0 radical (unpaired) electrons. The predicted molar refractivity (Wildman–Crippen MR) is 178 cm³/mol. The smallest absolute Gasteiger partial charge is 0.319 e. The summed E-state index contributed by atoms with van der Waals surface area (Å²) in [6.07, 6.45) is 10.1. The summed E-state index contributed by atoms with van der Waals surface area (Å²) in [6, 6.07) is 10.7. The summed E-state index contributed by atoms with van der Waals surface area (Å²) < 4.78 is 38.2. The zero-order chi connectivity index (χ0) is 32.0. The van der Waals surface area contributed by atoms with Gasteiger partial charge in [0.1, 0.15) is 22.9 Å². The van der Waals surface area contributed by atoms with Crippen LogP contribution < -0.4 is 15.0 Å². The predicted octanol–water partition coefficient (Wildman–Crippen LogP) is 4.76. The van der Waals surface area contributed by atoms with Crippen LogP contribution in [0.2, 0.25) is 0 Å². The molecule has 1 aromatic heterocycles. The summed E-state index contributed by atoms with van der Waals surface area (Å²) in [5.74, 6) is 2.62. The van der Waals surface area contributed by atoms with Gasteiger partial charge in [-0.3, -0.25) is 4.90 Å². The lowest BCUT2D eigenvalue weighted by Crippen LogP contribution is -2.57. The highest BCUT2D eigenvalue weighted by molar-refractivity contribution is 6.04. The molecular weight excluding hydrogens is 598 g/mol. The number of aromatic hydroxyl groups is 1. The molecule has 3 aromatic carbocycles. The molecule has 4 aliphatic heterocycles. The number of hydrogen-bond acceptors (Lipinski definition) is 8. The summed E-state index contributed by atoms with van der Waals surface area (Å²) in [4.78, 5) is 16.9. The Morgan fingerprint density at radius 3 is 2.57 bits per heavy atom. The molecule has 8 nitrogen and oxygen atoms in total. The monoisotopic (exact) mass is 636 g/mol. The van der Waals surface area contributed by atoms with E-state index in [1.54, 1.807) is 6.07 Å². The van der Waals surface area contributed by atoms with E-state index in [1.807, 2.05) is 6.07 Å². The third kappa shape index (κ3) is 4.90. The van der Waals surface area contributed by atoms with Gasteiger partial charge in [0.25, 0.3) is 0 Å². The lowest BCUT2D eigenvalue weighted by Gasteiger charge is -2.45. The van der Waals surface area contributed by atoms with Crippen LogP contribution >= 0.6 is 0 Å². The molecule has 2 bridgehead atoms. The summed E-state index contributed by atoms with van der Waals surface area (Å²) >= 11 is 0. The van der Waals surface area contributed by atoms with Gasteiger partial charge < -0.3 is 25.0 Å². The number of ether oxygens (including phenoxy) is 1. The van der Waals surface area contributed by atoms with E-state index in [1.165, 1.54) is 30.8 Å². The topological polar surface area (TPSA) is 77.0 Å². The molecule has 0 amide bonds. The van der Waals surface area contributed by atoms with E-state index in [0.717, 1.165) is 64.3 Å². The van der Waals surface area contributed by atoms with Gasteiger partial charge in [0.05, 0.1) is 12.2 Å². The molecule has 10 heteroatoms. The first-order valence-corrected chi connectivity index (χ1v) is 16.8. The summed E-state index contributed by atoms with van der Waals surface area (Å²) in [7, 11) is 2.20. The third-order valence-corrected chi connectivity index (χ3v) is 11.3. The van der Waals surface area contributed by atoms with Gasteiger partial charge in [0.2, 0.25) is 0 Å². The summed E-state index contributed by atoms with van der Waals surface area (Å²) in [5.41, 5.74) is 0.692. The van der Waals surface area contributed by atoms with Crippen molar-refractivity contribution in [3.8, 4) is 35.2 Å². The average molecular weight is 637 g/mol. The number of benzene rings is 3. The standard InChI is InChI=1S/C37H38F2N6O2/c1-3-26-30(38)9-4-21-12-25(46)13-29(32(21)26)27-7-8-28-34(33(27)39)41-36(42-35(28)44-16-23-5-6-24(17-44)40-23)47-20-37(10-11-37)19-45-15-22-14-43(2)18-31(22)45/h1,4,7-9,12-13,22-24,31,40,46H,5-6,10-11,14-20H2,2H3. The Bertz CT molecular complexity index is 1960. The molecule has 2 N–H and O–H groups in total. The number of halogens is 2. The number of terminal acetylenes is 1. The molecular formula is C37H38F2N6O2. The Morgan fingerprint density at radius 2 is 1.83 bits per heavy atom. The van der Waals surface area contributed by atoms with Crippen molar-refractivity contribution in [2.24, 2.45) is 11.3 Å². The minimum absolute atomic E-state index is 0.0215. The molecule has 4 aromatic rings. The van der Waals surface area contributed by atoms with Gasteiger partial charge in [0.15, 0.2) is 5.82 Å². The van der Waals surface area contributed by atoms with E-state index in [0.29, 0.717) is 52.3 Å². The number of aromatic nitrogens is 2. The fraction of sp³-hybridized carbons (Fsp3) is 0.459. The molecule has 1 saturated carbocycles. The molecule has 5 fully saturated rings. The molecule has 4 unspecified atom stereocenters. The molecule has 47 heavy (non-hydrogen) atoms. The van der Waals surface area contributed by atoms with Gasteiger partial charge in [-0.15, -0.1) is 6.42 Å². The number of phenolic OH excluding ortho intramolecular Hbond substituents is 1. The van der Waals surface area contributed by atoms with Gasteiger partial charge in [-0.1, -0.05) is 18.1 Å². The number of nitrogens with zero attached hydrogens (tertiary/aromatic N) is 5. The van der Waals surface area contributed by atoms with Crippen molar-refractivity contribution in [2.75, 3.05) is 57.8 Å². The van der Waals surface area contributed by atoms with E-state index in [-0.39, 0.29) is 33.8 Å². The first-order valence-electron chi connectivity index (χ1n) is 16.8. The summed E-state index contributed by atoms with van der Waals surface area (Å²) in [6.45, 7) is 6.46. The maximum Gasteiger partial charge on any atom is 0.319 e. The number of rotatable bonds is 7. The van der Waals surface area contributed by atoms with Crippen LogP contribution in [0.5, 0.6) is 11.8 Å². The molecule has 9 rings (SSSR count). The van der Waals surface area contributed by atoms with Crippen molar-refractivity contribution < 1.29 is 18.6 Å². The molecule has 4 saturated heterocycles. The van der Waals surface area contributed by atoms with Crippen molar-refractivity contribution in [3.05, 3.63) is 53.6 Å². The van der Waals surface area contributed by atoms with Crippen molar-refractivity contribution in [3.63, 3.8) is 0 Å². The third-order valence-electron chi connectivity index (χ3n) is 11.3. The Balaban J connectivity index is 1.11. The Morgan fingerprint density at radius 1 is 1.02 bits per heavy atom. The van der Waals surface area contributed by atoms with Gasteiger partial charge in [-0.05, 0) is 67.9 Å². The normalized spacial score (nSPS) is 26.4.